The quantitative estimate of drug-likeness (QED) is 0.545. The van der Waals surface area contributed by atoms with Crippen molar-refractivity contribution in [1.29, 1.82) is 0 Å². The highest BCUT2D eigenvalue weighted by molar-refractivity contribution is 5.43. The molecule has 3 rings (SSSR count). The van der Waals surface area contributed by atoms with Gasteiger partial charge in [-0.2, -0.15) is 13.2 Å². The topological polar surface area (TPSA) is 38.9 Å². The summed E-state index contributed by atoms with van der Waals surface area (Å²) in [6, 6.07) is 4.20. The molecule has 0 spiro atoms. The van der Waals surface area contributed by atoms with Gasteiger partial charge in [0.1, 0.15) is 5.82 Å². The van der Waals surface area contributed by atoms with Crippen molar-refractivity contribution in [3.05, 3.63) is 57.8 Å². The molecular formula is C22H27F5N2. The van der Waals surface area contributed by atoms with Crippen LogP contribution in [0.3, 0.4) is 0 Å². The van der Waals surface area contributed by atoms with Crippen molar-refractivity contribution in [1.82, 2.24) is 4.98 Å². The van der Waals surface area contributed by atoms with Gasteiger partial charge in [0.2, 0.25) is 0 Å². The number of anilines is 1. The van der Waals surface area contributed by atoms with Crippen LogP contribution in [0, 0.1) is 18.6 Å². The molecule has 0 radical (unpaired) electrons. The zero-order valence-electron chi connectivity index (χ0n) is 17.3. The van der Waals surface area contributed by atoms with Gasteiger partial charge in [0.15, 0.2) is 11.6 Å². The zero-order chi connectivity index (χ0) is 22.1. The largest absolute Gasteiger partial charge is 0.418 e. The second-order valence-corrected chi connectivity index (χ2v) is 8.07. The van der Waals surface area contributed by atoms with E-state index in [1.54, 1.807) is 19.9 Å². The van der Waals surface area contributed by atoms with Crippen LogP contribution in [0.1, 0.15) is 86.2 Å². The normalized spacial score (nSPS) is 14.2. The lowest BCUT2D eigenvalue weighted by Gasteiger charge is -2.17. The van der Waals surface area contributed by atoms with E-state index in [1.165, 1.54) is 19.1 Å². The Morgan fingerprint density at radius 2 is 1.62 bits per heavy atom. The number of nitrogens with zero attached hydrogens (tertiary/aromatic N) is 1. The number of aryl methyl sites for hydroxylation is 1. The fourth-order valence-electron chi connectivity index (χ4n) is 3.38. The molecule has 0 saturated heterocycles. The van der Waals surface area contributed by atoms with Gasteiger partial charge in [-0.25, -0.2) is 13.8 Å². The summed E-state index contributed by atoms with van der Waals surface area (Å²) in [5.74, 6) is -0.980. The molecule has 0 unspecified atom stereocenters. The molecule has 0 bridgehead atoms. The van der Waals surface area contributed by atoms with E-state index in [1.807, 2.05) is 13.8 Å². The number of hydrogen-bond acceptors (Lipinski definition) is 2. The number of pyridine rings is 1. The molecule has 1 aromatic carbocycles. The Morgan fingerprint density at radius 1 is 1.03 bits per heavy atom. The highest BCUT2D eigenvalue weighted by atomic mass is 19.4. The van der Waals surface area contributed by atoms with Gasteiger partial charge in [0, 0.05) is 0 Å². The number of nitrogens with two attached hydrogens (primary N) is 1. The molecule has 1 aromatic heterocycles. The first-order chi connectivity index (χ1) is 13.3. The lowest BCUT2D eigenvalue weighted by atomic mass is 9.94. The smallest absolute Gasteiger partial charge is 0.384 e. The summed E-state index contributed by atoms with van der Waals surface area (Å²) in [4.78, 5) is 3.76. The maximum atomic E-state index is 13.5. The van der Waals surface area contributed by atoms with Crippen molar-refractivity contribution >= 4 is 5.82 Å². The van der Waals surface area contributed by atoms with Gasteiger partial charge in [0.25, 0.3) is 0 Å². The molecule has 2 nitrogen and oxygen atoms in total. The van der Waals surface area contributed by atoms with Crippen molar-refractivity contribution in [2.24, 2.45) is 0 Å². The Bertz CT molecular complexity index is 868. The molecule has 0 atom stereocenters. The van der Waals surface area contributed by atoms with E-state index in [9.17, 15) is 22.0 Å². The van der Waals surface area contributed by atoms with Crippen LogP contribution in [-0.4, -0.2) is 4.98 Å². The molecular weight excluding hydrogens is 387 g/mol. The van der Waals surface area contributed by atoms with Crippen molar-refractivity contribution in [3.8, 4) is 0 Å². The Balaban J connectivity index is 0.000000207. The van der Waals surface area contributed by atoms with Gasteiger partial charge in [-0.3, -0.25) is 0 Å². The van der Waals surface area contributed by atoms with Crippen LogP contribution in [0.25, 0.3) is 0 Å². The van der Waals surface area contributed by atoms with Gasteiger partial charge in [0.05, 0.1) is 11.3 Å². The molecule has 2 aromatic rings. The van der Waals surface area contributed by atoms with Gasteiger partial charge in [-0.05, 0) is 66.3 Å². The fraction of sp³-hybridized carbons (Fsp3) is 0.500. The number of rotatable bonds is 3. The summed E-state index contributed by atoms with van der Waals surface area (Å²) in [5, 5.41) is 0. The fourth-order valence-corrected chi connectivity index (χ4v) is 3.38. The molecule has 160 valence electrons. The van der Waals surface area contributed by atoms with Crippen LogP contribution in [0.5, 0.6) is 0 Å². The number of alkyl halides is 3. The van der Waals surface area contributed by atoms with Crippen LogP contribution < -0.4 is 5.73 Å². The predicted molar refractivity (Wildman–Crippen MR) is 105 cm³/mol. The molecule has 1 aliphatic carbocycles. The van der Waals surface area contributed by atoms with E-state index in [0.29, 0.717) is 5.56 Å². The Hall–Kier alpha value is -2.18. The summed E-state index contributed by atoms with van der Waals surface area (Å²) in [7, 11) is 0. The summed E-state index contributed by atoms with van der Waals surface area (Å²) in [6.45, 7) is 8.75. The van der Waals surface area contributed by atoms with E-state index < -0.39 is 23.4 Å². The minimum Gasteiger partial charge on any atom is -0.384 e. The average Bonchev–Trinajstić information content (AvgIpc) is 3.40. The van der Waals surface area contributed by atoms with E-state index in [2.05, 4.69) is 4.98 Å². The molecule has 1 fully saturated rings. The maximum Gasteiger partial charge on any atom is 0.418 e. The van der Waals surface area contributed by atoms with Crippen LogP contribution in [-0.2, 0) is 6.18 Å². The molecule has 7 heteroatoms. The maximum absolute atomic E-state index is 13.5. The number of hydrogen-bond donors (Lipinski definition) is 1. The molecule has 0 amide bonds. The second-order valence-electron chi connectivity index (χ2n) is 8.07. The average molecular weight is 414 g/mol. The summed E-state index contributed by atoms with van der Waals surface area (Å²) < 4.78 is 64.7. The van der Waals surface area contributed by atoms with Crippen LogP contribution in [0.15, 0.2) is 18.2 Å². The van der Waals surface area contributed by atoms with Crippen LogP contribution in [0.4, 0.5) is 27.8 Å². The Kier molecular flexibility index (Phi) is 6.91. The first kappa shape index (κ1) is 23.1. The first-order valence-corrected chi connectivity index (χ1v) is 9.66. The number of nitrogen functional groups attached to an aromatic ring is 1. The molecule has 1 saturated carbocycles. The highest BCUT2D eigenvalue weighted by Gasteiger charge is 2.36. The first-order valence-electron chi connectivity index (χ1n) is 9.66. The van der Waals surface area contributed by atoms with Gasteiger partial charge in [-0.15, -0.1) is 0 Å². The number of aromatic nitrogens is 1. The molecule has 0 aliphatic heterocycles. The van der Waals surface area contributed by atoms with Crippen molar-refractivity contribution in [2.45, 2.75) is 71.4 Å². The van der Waals surface area contributed by atoms with Gasteiger partial charge in [-0.1, -0.05) is 33.8 Å². The van der Waals surface area contributed by atoms with Crippen molar-refractivity contribution in [3.63, 3.8) is 0 Å². The minimum atomic E-state index is -4.37. The Morgan fingerprint density at radius 3 is 2.07 bits per heavy atom. The predicted octanol–water partition coefficient (Wildman–Crippen LogP) is 7.08. The van der Waals surface area contributed by atoms with Crippen molar-refractivity contribution in [2.75, 3.05) is 5.73 Å². The molecule has 1 heterocycles. The van der Waals surface area contributed by atoms with E-state index in [4.69, 9.17) is 5.73 Å². The van der Waals surface area contributed by atoms with Crippen LogP contribution in [0.2, 0.25) is 0 Å². The summed E-state index contributed by atoms with van der Waals surface area (Å²) in [6.07, 6.45) is -2.37. The van der Waals surface area contributed by atoms with E-state index >= 15 is 0 Å². The van der Waals surface area contributed by atoms with E-state index in [0.717, 1.165) is 18.4 Å². The number of halogens is 5. The third kappa shape index (κ3) is 5.46. The van der Waals surface area contributed by atoms with Crippen molar-refractivity contribution < 1.29 is 22.0 Å². The summed E-state index contributed by atoms with van der Waals surface area (Å²) in [5.41, 5.74) is 6.50. The number of benzene rings is 1. The molecule has 29 heavy (non-hydrogen) atoms. The Labute approximate surface area is 168 Å². The van der Waals surface area contributed by atoms with E-state index in [-0.39, 0.29) is 34.8 Å². The standard InChI is InChI=1S/C12H14F2.C10H13F3N2/c1-7(2)9-5-6-10(13)12(14)11(9)8-3-4-8;1-5(2)9-8(10(11,12)13)6(3)4-7(14)15-9/h5-8H,3-4H2,1-2H3;4-5H,1-3H3,(H2,14,15). The van der Waals surface area contributed by atoms with Gasteiger partial charge >= 0.3 is 6.18 Å². The lowest BCUT2D eigenvalue weighted by molar-refractivity contribution is -0.139. The monoisotopic (exact) mass is 414 g/mol. The zero-order valence-corrected chi connectivity index (χ0v) is 17.3. The third-order valence-electron chi connectivity index (χ3n) is 4.87. The second kappa shape index (κ2) is 8.67. The summed E-state index contributed by atoms with van der Waals surface area (Å²) >= 11 is 0. The molecule has 1 aliphatic rings. The lowest BCUT2D eigenvalue weighted by Crippen LogP contribution is -2.15. The van der Waals surface area contributed by atoms with Gasteiger partial charge < -0.3 is 5.73 Å². The third-order valence-corrected chi connectivity index (χ3v) is 4.87. The highest BCUT2D eigenvalue weighted by Crippen LogP contribution is 2.45. The minimum absolute atomic E-state index is 0.0139. The van der Waals surface area contributed by atoms with Crippen LogP contribution >= 0.6 is 0 Å². The SMILES string of the molecule is CC(C)c1ccc(F)c(F)c1C1CC1.Cc1cc(N)nc(C(C)C)c1C(F)(F)F. The molecule has 2 N–H and O–H groups in total.